The quantitative estimate of drug-likeness (QED) is 0.570. The molecule has 0 bridgehead atoms. The van der Waals surface area contributed by atoms with Crippen molar-refractivity contribution in [2.45, 2.75) is 0 Å². The third-order valence-electron chi connectivity index (χ3n) is 1.96. The van der Waals surface area contributed by atoms with Crippen LogP contribution >= 0.6 is 0 Å². The molecule has 0 aliphatic carbocycles. The maximum atomic E-state index is 10.8. The third-order valence-corrected chi connectivity index (χ3v) is 1.96. The van der Waals surface area contributed by atoms with Crippen molar-refractivity contribution in [1.29, 1.82) is 0 Å². The average molecular weight is 254 g/mol. The van der Waals surface area contributed by atoms with Crippen LogP contribution in [0.5, 0.6) is 17.2 Å². The molecule has 0 radical (unpaired) electrons. The predicted octanol–water partition coefficient (Wildman–Crippen LogP) is 1.49. The Morgan fingerprint density at radius 2 is 1.68 bits per heavy atom. The van der Waals surface area contributed by atoms with Crippen LogP contribution < -0.4 is 14.2 Å². The lowest BCUT2D eigenvalue weighted by Crippen LogP contribution is -2.03. The van der Waals surface area contributed by atoms with Crippen LogP contribution in [0.2, 0.25) is 0 Å². The van der Waals surface area contributed by atoms with Crippen LogP contribution in [0.1, 0.15) is 10.4 Å². The van der Waals surface area contributed by atoms with E-state index in [1.54, 1.807) is 0 Å². The fourth-order valence-corrected chi connectivity index (χ4v) is 1.29. The first-order valence-corrected chi connectivity index (χ1v) is 5.15. The molecule has 0 aliphatic rings. The van der Waals surface area contributed by atoms with Crippen LogP contribution in [0.15, 0.2) is 12.1 Å². The molecule has 0 heterocycles. The van der Waals surface area contributed by atoms with Gasteiger partial charge in [-0.25, -0.2) is 0 Å². The van der Waals surface area contributed by atoms with Gasteiger partial charge < -0.3 is 14.2 Å². The molecule has 1 aromatic rings. The van der Waals surface area contributed by atoms with Crippen LogP contribution in [0.3, 0.4) is 0 Å². The minimum Gasteiger partial charge on any atom is -0.477 e. The Morgan fingerprint density at radius 1 is 1.05 bits per heavy atom. The predicted molar refractivity (Wildman–Crippen MR) is 69.9 cm³/mol. The van der Waals surface area contributed by atoms with E-state index in [9.17, 15) is 4.79 Å². The van der Waals surface area contributed by atoms with E-state index in [1.165, 1.54) is 12.1 Å². The summed E-state index contributed by atoms with van der Waals surface area (Å²) in [6.45, 7) is -0.00199. The van der Waals surface area contributed by atoms with Crippen LogP contribution in [0.4, 0.5) is 0 Å². The summed E-state index contributed by atoms with van der Waals surface area (Å²) in [7, 11) is 0. The first-order valence-electron chi connectivity index (χ1n) is 5.15. The molecule has 0 amide bonds. The number of hydrogen-bond acceptors (Lipinski definition) is 4. The van der Waals surface area contributed by atoms with E-state index in [1.807, 2.05) is 6.11 Å². The number of carbonyl (C=O) groups is 1. The van der Waals surface area contributed by atoms with Crippen molar-refractivity contribution in [3.63, 3.8) is 0 Å². The zero-order valence-corrected chi connectivity index (χ0v) is 10.0. The molecule has 1 aromatic carbocycles. The molecule has 0 aromatic heterocycles. The van der Waals surface area contributed by atoms with E-state index in [2.05, 4.69) is 11.8 Å². The van der Waals surface area contributed by atoms with Crippen molar-refractivity contribution in [2.24, 2.45) is 0 Å². The van der Waals surface area contributed by atoms with Gasteiger partial charge in [-0.15, -0.1) is 12.8 Å². The zero-order valence-electron chi connectivity index (χ0n) is 10.0. The summed E-state index contributed by atoms with van der Waals surface area (Å²) in [5.41, 5.74) is 0.310. The molecule has 0 saturated heterocycles. The molecule has 0 spiro atoms. The number of benzene rings is 1. The summed E-state index contributed by atoms with van der Waals surface area (Å²) in [6, 6.07) is 2.88. The second kappa shape index (κ2) is 7.33. The number of terminal acetylenes is 3. The van der Waals surface area contributed by atoms with E-state index in [0.717, 1.165) is 0 Å². The fraction of sp³-hybridized carbons (Fsp3) is 0.133. The normalized spacial score (nSPS) is 8.47. The Kier molecular flexibility index (Phi) is 5.41. The van der Waals surface area contributed by atoms with Gasteiger partial charge in [-0.05, 0) is 12.1 Å². The molecule has 0 unspecified atom stereocenters. The second-order valence-electron chi connectivity index (χ2n) is 3.17. The Labute approximate surface area is 111 Å². The zero-order chi connectivity index (χ0) is 14.1. The average Bonchev–Trinajstić information content (AvgIpc) is 2.43. The van der Waals surface area contributed by atoms with Crippen molar-refractivity contribution < 1.29 is 19.0 Å². The van der Waals surface area contributed by atoms with Gasteiger partial charge in [0.1, 0.15) is 25.6 Å². The molecular formula is C15H10O4. The molecule has 0 aliphatic heterocycles. The molecule has 4 heteroatoms. The highest BCUT2D eigenvalue weighted by atomic mass is 16.5. The van der Waals surface area contributed by atoms with E-state index in [0.29, 0.717) is 11.8 Å². The molecule has 0 saturated carbocycles. The minimum atomic E-state index is -0.00617. The fourth-order valence-electron chi connectivity index (χ4n) is 1.29. The van der Waals surface area contributed by atoms with Gasteiger partial charge in [-0.1, -0.05) is 18.3 Å². The van der Waals surface area contributed by atoms with Crippen molar-refractivity contribution in [1.82, 2.24) is 0 Å². The van der Waals surface area contributed by atoms with E-state index >= 15 is 0 Å². The number of carbonyl (C=O) groups excluding carboxylic acids is 1. The Balaban J connectivity index is 3.26. The third kappa shape index (κ3) is 3.73. The molecule has 94 valence electrons. The number of ether oxygens (including phenoxy) is 3. The van der Waals surface area contributed by atoms with Crippen molar-refractivity contribution in [2.75, 3.05) is 13.2 Å². The summed E-state index contributed by atoms with van der Waals surface area (Å²) in [6.07, 6.45) is 17.9. The van der Waals surface area contributed by atoms with E-state index in [-0.39, 0.29) is 30.5 Å². The van der Waals surface area contributed by atoms with Gasteiger partial charge in [0.15, 0.2) is 11.5 Å². The van der Waals surface area contributed by atoms with Crippen molar-refractivity contribution in [3.05, 3.63) is 17.7 Å². The van der Waals surface area contributed by atoms with Gasteiger partial charge in [0.05, 0.1) is 0 Å². The Morgan fingerprint density at radius 3 is 2.26 bits per heavy atom. The van der Waals surface area contributed by atoms with Gasteiger partial charge in [0.25, 0.3) is 0 Å². The molecule has 19 heavy (non-hydrogen) atoms. The maximum Gasteiger partial charge on any atom is 0.206 e. The smallest absolute Gasteiger partial charge is 0.206 e. The highest BCUT2D eigenvalue weighted by molar-refractivity contribution is 5.78. The lowest BCUT2D eigenvalue weighted by molar-refractivity contribution is 0.112. The highest BCUT2D eigenvalue weighted by Crippen LogP contribution is 2.38. The molecule has 0 atom stereocenters. The standard InChI is InChI=1S/C15H10O4/c1-4-7-18-14-10-12(11-16)9-13(17-6-3)15(14)19-8-5-2/h1-3,9-11H,7-8H2. The summed E-state index contributed by atoms with van der Waals surface area (Å²) in [5, 5.41) is 0. The number of hydrogen-bond donors (Lipinski definition) is 0. The van der Waals surface area contributed by atoms with E-state index < -0.39 is 0 Å². The van der Waals surface area contributed by atoms with E-state index in [4.69, 9.17) is 33.5 Å². The monoisotopic (exact) mass is 254 g/mol. The number of aldehydes is 1. The van der Waals surface area contributed by atoms with Gasteiger partial charge >= 0.3 is 0 Å². The molecule has 0 fully saturated rings. The van der Waals surface area contributed by atoms with Crippen LogP contribution in [-0.2, 0) is 0 Å². The summed E-state index contributed by atoms with van der Waals surface area (Å²) < 4.78 is 15.5. The molecule has 0 N–H and O–H groups in total. The molecule has 1 rings (SSSR count). The van der Waals surface area contributed by atoms with Gasteiger partial charge in [-0.3, -0.25) is 4.79 Å². The van der Waals surface area contributed by atoms with Crippen LogP contribution in [0, 0.1) is 37.2 Å². The lowest BCUT2D eigenvalue weighted by atomic mass is 10.2. The lowest BCUT2D eigenvalue weighted by Gasteiger charge is -2.13. The Hall–Kier alpha value is -3.03. The topological polar surface area (TPSA) is 44.8 Å². The summed E-state index contributed by atoms with van der Waals surface area (Å²) in [4.78, 5) is 10.8. The van der Waals surface area contributed by atoms with Crippen LogP contribution in [-0.4, -0.2) is 19.5 Å². The van der Waals surface area contributed by atoms with Gasteiger partial charge in [-0.2, -0.15) is 0 Å². The highest BCUT2D eigenvalue weighted by Gasteiger charge is 2.15. The second-order valence-corrected chi connectivity index (χ2v) is 3.17. The molecule has 4 nitrogen and oxygen atoms in total. The largest absolute Gasteiger partial charge is 0.477 e. The first kappa shape index (κ1) is 14.0. The summed E-state index contributed by atoms with van der Waals surface area (Å²) in [5.74, 6) is 5.21. The summed E-state index contributed by atoms with van der Waals surface area (Å²) >= 11 is 0. The SMILES string of the molecule is C#CCOc1cc(C=O)cc(OC#C)c1OCC#C. The maximum absolute atomic E-state index is 10.8. The van der Waals surface area contributed by atoms with Crippen molar-refractivity contribution >= 4 is 6.29 Å². The van der Waals surface area contributed by atoms with Gasteiger partial charge in [0, 0.05) is 5.56 Å². The first-order chi connectivity index (χ1) is 9.26. The number of rotatable bonds is 6. The molecular weight excluding hydrogens is 244 g/mol. The minimum absolute atomic E-state index is 0.00418. The van der Waals surface area contributed by atoms with Crippen molar-refractivity contribution in [3.8, 4) is 54.5 Å². The van der Waals surface area contributed by atoms with Crippen LogP contribution in [0.25, 0.3) is 0 Å². The Bertz CT molecular complexity index is 582. The van der Waals surface area contributed by atoms with Gasteiger partial charge in [0.2, 0.25) is 5.75 Å².